The molecule has 2 rings (SSSR count). The quantitative estimate of drug-likeness (QED) is 0.769. The third kappa shape index (κ3) is 4.28. The average molecular weight is 281 g/mol. The first-order chi connectivity index (χ1) is 9.69. The van der Waals surface area contributed by atoms with Crippen molar-refractivity contribution in [1.82, 2.24) is 4.90 Å². The molecular weight excluding hydrogens is 261 g/mol. The molecule has 1 atom stereocenters. The van der Waals surface area contributed by atoms with Gasteiger partial charge in [0.1, 0.15) is 5.82 Å². The zero-order valence-electron chi connectivity index (χ0n) is 11.7. The molecule has 0 amide bonds. The second kappa shape index (κ2) is 7.36. The number of hydrogen-bond donors (Lipinski definition) is 0. The number of ether oxygens (including phenoxy) is 2. The molecule has 0 aliphatic carbocycles. The highest BCUT2D eigenvalue weighted by atomic mass is 19.1. The van der Waals surface area contributed by atoms with Gasteiger partial charge >= 0.3 is 5.97 Å². The molecule has 0 N–H and O–H groups in total. The molecule has 1 aromatic rings. The van der Waals surface area contributed by atoms with Crippen LogP contribution in [0.2, 0.25) is 0 Å². The molecule has 1 fully saturated rings. The number of carbonyl (C=O) groups excluding carboxylic acids is 1. The van der Waals surface area contributed by atoms with Crippen LogP contribution in [0.25, 0.3) is 0 Å². The third-order valence-electron chi connectivity index (χ3n) is 3.44. The summed E-state index contributed by atoms with van der Waals surface area (Å²) in [5.41, 5.74) is 1.00. The average Bonchev–Trinajstić information content (AvgIpc) is 2.47. The van der Waals surface area contributed by atoms with Crippen LogP contribution in [0.15, 0.2) is 24.3 Å². The molecule has 1 aliphatic rings. The lowest BCUT2D eigenvalue weighted by molar-refractivity contribution is -0.159. The van der Waals surface area contributed by atoms with Crippen LogP contribution in [0.4, 0.5) is 4.39 Å². The highest BCUT2D eigenvalue weighted by Gasteiger charge is 2.26. The van der Waals surface area contributed by atoms with Gasteiger partial charge in [0.15, 0.2) is 6.10 Å². The highest BCUT2D eigenvalue weighted by molar-refractivity contribution is 5.74. The van der Waals surface area contributed by atoms with Gasteiger partial charge in [-0.15, -0.1) is 0 Å². The van der Waals surface area contributed by atoms with E-state index in [4.69, 9.17) is 9.47 Å². The molecule has 1 heterocycles. The molecule has 0 spiro atoms. The Labute approximate surface area is 118 Å². The zero-order valence-corrected chi connectivity index (χ0v) is 11.7. The summed E-state index contributed by atoms with van der Waals surface area (Å²) in [6.07, 6.45) is 1.28. The van der Waals surface area contributed by atoms with E-state index in [-0.39, 0.29) is 11.8 Å². The van der Waals surface area contributed by atoms with Gasteiger partial charge in [-0.05, 0) is 37.1 Å². The maximum Gasteiger partial charge on any atom is 0.336 e. The first kappa shape index (κ1) is 14.9. The smallest absolute Gasteiger partial charge is 0.336 e. The monoisotopic (exact) mass is 281 g/mol. The third-order valence-corrected chi connectivity index (χ3v) is 3.44. The molecule has 0 saturated carbocycles. The van der Waals surface area contributed by atoms with Crippen molar-refractivity contribution in [3.05, 3.63) is 35.6 Å². The summed E-state index contributed by atoms with van der Waals surface area (Å²) in [5, 5.41) is 0. The Hall–Kier alpha value is -1.46. The lowest BCUT2D eigenvalue weighted by Crippen LogP contribution is -2.46. The van der Waals surface area contributed by atoms with Crippen molar-refractivity contribution in [2.75, 3.05) is 33.4 Å². The molecule has 5 heteroatoms. The molecular formula is C15H20FNO3. The van der Waals surface area contributed by atoms with Crippen molar-refractivity contribution < 1.29 is 18.7 Å². The van der Waals surface area contributed by atoms with E-state index in [0.717, 1.165) is 31.5 Å². The Morgan fingerprint density at radius 3 is 3.15 bits per heavy atom. The number of methoxy groups -OCH3 is 1. The molecule has 110 valence electrons. The highest BCUT2D eigenvalue weighted by Crippen LogP contribution is 2.10. The lowest BCUT2D eigenvalue weighted by atomic mass is 10.1. The van der Waals surface area contributed by atoms with E-state index >= 15 is 0 Å². The van der Waals surface area contributed by atoms with Crippen molar-refractivity contribution in [2.45, 2.75) is 18.9 Å². The molecule has 0 bridgehead atoms. The molecule has 1 aromatic carbocycles. The maximum atomic E-state index is 13.0. The fourth-order valence-corrected chi connectivity index (χ4v) is 2.38. The van der Waals surface area contributed by atoms with E-state index in [1.54, 1.807) is 12.1 Å². The topological polar surface area (TPSA) is 38.8 Å². The second-order valence-corrected chi connectivity index (χ2v) is 4.92. The van der Waals surface area contributed by atoms with E-state index < -0.39 is 6.10 Å². The number of carbonyl (C=O) groups is 1. The van der Waals surface area contributed by atoms with Gasteiger partial charge in [-0.1, -0.05) is 12.1 Å². The van der Waals surface area contributed by atoms with Crippen LogP contribution in [-0.2, 0) is 20.7 Å². The fraction of sp³-hybridized carbons (Fsp3) is 0.533. The molecule has 1 unspecified atom stereocenters. The van der Waals surface area contributed by atoms with Gasteiger partial charge in [0.25, 0.3) is 0 Å². The number of halogens is 1. The predicted octanol–water partition coefficient (Wildman–Crippen LogP) is 1.63. The van der Waals surface area contributed by atoms with Crippen LogP contribution in [0, 0.1) is 5.82 Å². The molecule has 1 aliphatic heterocycles. The lowest BCUT2D eigenvalue weighted by Gasteiger charge is -2.31. The fourth-order valence-electron chi connectivity index (χ4n) is 2.38. The Kier molecular flexibility index (Phi) is 5.49. The van der Waals surface area contributed by atoms with E-state index in [1.807, 2.05) is 6.07 Å². The summed E-state index contributed by atoms with van der Waals surface area (Å²) in [6, 6.07) is 6.68. The van der Waals surface area contributed by atoms with Crippen molar-refractivity contribution in [1.29, 1.82) is 0 Å². The summed E-state index contributed by atoms with van der Waals surface area (Å²) in [4.78, 5) is 13.6. The molecule has 0 aromatic heterocycles. The first-order valence-electron chi connectivity index (χ1n) is 6.85. The minimum atomic E-state index is -0.483. The van der Waals surface area contributed by atoms with Crippen LogP contribution < -0.4 is 0 Å². The van der Waals surface area contributed by atoms with Gasteiger partial charge in [-0.2, -0.15) is 0 Å². The Bertz CT molecular complexity index is 452. The van der Waals surface area contributed by atoms with E-state index in [1.165, 1.54) is 13.2 Å². The van der Waals surface area contributed by atoms with E-state index in [2.05, 4.69) is 4.90 Å². The van der Waals surface area contributed by atoms with Crippen LogP contribution in [0.3, 0.4) is 0 Å². The van der Waals surface area contributed by atoms with Crippen LogP contribution >= 0.6 is 0 Å². The second-order valence-electron chi connectivity index (χ2n) is 4.92. The number of morpholine rings is 1. The van der Waals surface area contributed by atoms with Crippen LogP contribution in [0.5, 0.6) is 0 Å². The van der Waals surface area contributed by atoms with Gasteiger partial charge in [-0.25, -0.2) is 9.18 Å². The van der Waals surface area contributed by atoms with Gasteiger partial charge in [0.2, 0.25) is 0 Å². The van der Waals surface area contributed by atoms with Crippen molar-refractivity contribution in [2.24, 2.45) is 0 Å². The number of benzene rings is 1. The Balaban J connectivity index is 1.75. The summed E-state index contributed by atoms with van der Waals surface area (Å²) >= 11 is 0. The van der Waals surface area contributed by atoms with Crippen molar-refractivity contribution in [3.63, 3.8) is 0 Å². The normalized spacial score (nSPS) is 19.8. The first-order valence-corrected chi connectivity index (χ1v) is 6.85. The summed E-state index contributed by atoms with van der Waals surface area (Å²) in [7, 11) is 1.37. The number of rotatable bonds is 5. The number of esters is 1. The van der Waals surface area contributed by atoms with Gasteiger partial charge in [0.05, 0.1) is 13.7 Å². The van der Waals surface area contributed by atoms with Gasteiger partial charge < -0.3 is 9.47 Å². The zero-order chi connectivity index (χ0) is 14.4. The standard InChI is InChI=1S/C15H20FNO3/c1-19-15(18)14-11-17(8-9-20-14)7-3-5-12-4-2-6-13(16)10-12/h2,4,6,10,14H,3,5,7-9,11H2,1H3. The predicted molar refractivity (Wildman–Crippen MR) is 72.9 cm³/mol. The molecule has 0 radical (unpaired) electrons. The van der Waals surface area contributed by atoms with E-state index in [0.29, 0.717) is 13.2 Å². The van der Waals surface area contributed by atoms with E-state index in [9.17, 15) is 9.18 Å². The number of hydrogen-bond acceptors (Lipinski definition) is 4. The minimum absolute atomic E-state index is 0.195. The summed E-state index contributed by atoms with van der Waals surface area (Å²) in [5.74, 6) is -0.514. The molecule has 1 saturated heterocycles. The minimum Gasteiger partial charge on any atom is -0.467 e. The summed E-state index contributed by atoms with van der Waals surface area (Å²) < 4.78 is 23.1. The largest absolute Gasteiger partial charge is 0.467 e. The van der Waals surface area contributed by atoms with Crippen LogP contribution in [0.1, 0.15) is 12.0 Å². The van der Waals surface area contributed by atoms with Crippen molar-refractivity contribution in [3.8, 4) is 0 Å². The number of aryl methyl sites for hydroxylation is 1. The van der Waals surface area contributed by atoms with Crippen molar-refractivity contribution >= 4 is 5.97 Å². The Morgan fingerprint density at radius 1 is 1.55 bits per heavy atom. The van der Waals surface area contributed by atoms with Gasteiger partial charge in [-0.3, -0.25) is 4.90 Å². The molecule has 4 nitrogen and oxygen atoms in total. The SMILES string of the molecule is COC(=O)C1CN(CCCc2cccc(F)c2)CCO1. The number of nitrogens with zero attached hydrogens (tertiary/aromatic N) is 1. The molecule has 20 heavy (non-hydrogen) atoms. The maximum absolute atomic E-state index is 13.0. The van der Waals surface area contributed by atoms with Gasteiger partial charge in [0, 0.05) is 13.1 Å². The summed E-state index contributed by atoms with van der Waals surface area (Å²) in [6.45, 7) is 2.79. The van der Waals surface area contributed by atoms with Crippen LogP contribution in [-0.4, -0.2) is 50.3 Å². The Morgan fingerprint density at radius 2 is 2.40 bits per heavy atom.